The average Bonchev–Trinajstić information content (AvgIpc) is 3.21. The number of quaternary nitrogens is 1. The number of aryl methyl sites for hydroxylation is 3. The van der Waals surface area contributed by atoms with E-state index >= 15 is 0 Å². The van der Waals surface area contributed by atoms with Crippen molar-refractivity contribution >= 4 is 30.1 Å². The van der Waals surface area contributed by atoms with Gasteiger partial charge in [0.25, 0.3) is 0 Å². The fourth-order valence-corrected chi connectivity index (χ4v) is 9.10. The first kappa shape index (κ1) is 57.9. The van der Waals surface area contributed by atoms with Crippen LogP contribution in [0.5, 0.6) is 0 Å². The molecule has 0 aromatic heterocycles. The average molecular weight is 946 g/mol. The maximum Gasteiger partial charge on any atom is 2.00 e. The van der Waals surface area contributed by atoms with Crippen LogP contribution in [-0.2, 0) is 49.5 Å². The molecule has 0 bridgehead atoms. The Balaban J connectivity index is 0.00000147. The summed E-state index contributed by atoms with van der Waals surface area (Å²) < 4.78 is 88.6. The minimum absolute atomic E-state index is 0. The minimum Gasteiger partial charge on any atom is -0.544 e. The summed E-state index contributed by atoms with van der Waals surface area (Å²) >= 11 is 0. The third-order valence-electron chi connectivity index (χ3n) is 9.93. The molecular weight excluding hydrogens is 872 g/mol. The van der Waals surface area contributed by atoms with E-state index in [1.807, 2.05) is 20.8 Å². The summed E-state index contributed by atoms with van der Waals surface area (Å²) in [7, 11) is -11.6. The number of nitrogens with zero attached hydrogens (tertiary/aromatic N) is 5. The molecule has 0 saturated carbocycles. The molecule has 13 nitrogen and oxygen atoms in total. The molecule has 0 aliphatic heterocycles. The first-order chi connectivity index (χ1) is 28.0. The van der Waals surface area contributed by atoms with Gasteiger partial charge in [-0.15, -0.1) is 19.6 Å². The molecule has 4 N–H and O–H groups in total. The number of unbranched alkanes of at least 4 members (excludes halogenated alkanes) is 4. The zero-order valence-electron chi connectivity index (χ0n) is 37.4. The van der Waals surface area contributed by atoms with E-state index in [1.54, 1.807) is 41.3 Å². The number of hydrazine groups is 1. The van der Waals surface area contributed by atoms with Gasteiger partial charge in [-0.3, -0.25) is 11.7 Å². The Labute approximate surface area is 377 Å². The molecule has 3 rings (SSSR count). The van der Waals surface area contributed by atoms with Gasteiger partial charge < -0.3 is 23.5 Å². The summed E-state index contributed by atoms with van der Waals surface area (Å²) in [5.41, 5.74) is 2.75. The zero-order chi connectivity index (χ0) is 44.4. The van der Waals surface area contributed by atoms with Gasteiger partial charge in [-0.05, 0) is 102 Å². The van der Waals surface area contributed by atoms with E-state index in [0.717, 1.165) is 16.7 Å². The van der Waals surface area contributed by atoms with Crippen molar-refractivity contribution in [2.45, 2.75) is 115 Å². The van der Waals surface area contributed by atoms with Crippen LogP contribution in [0.25, 0.3) is 14.2 Å². The summed E-state index contributed by atoms with van der Waals surface area (Å²) in [4.78, 5) is 1.91. The van der Waals surface area contributed by atoms with E-state index < -0.39 is 30.1 Å². The van der Waals surface area contributed by atoms with Crippen LogP contribution in [-0.4, -0.2) is 100 Å². The quantitative estimate of drug-likeness (QED) is 0.0326. The standard InChI is InChI=1S/C27H33N4O6S3.C16H36N.H4N2.Zn/c1-22-4-10-25(11-5-22)38(32,33)28-16-19-31(20-17-29-39(34,35)26-12-6-23(2)7-13-26)21-18-30-40(36,37)27-14-8-24(3)9-15-27;1-5-9-13-17(14-10-6-2,15-11-7-3)16-12-8-4;1-2;/h4-15H,16-21H2,1-3H3;5-16H2,1-4H3;1-2H2;/q-3;+1;;+2. The summed E-state index contributed by atoms with van der Waals surface area (Å²) in [5, 5.41) is 0. The Morgan fingerprint density at radius 3 is 0.867 bits per heavy atom. The van der Waals surface area contributed by atoms with Crippen molar-refractivity contribution in [3.63, 3.8) is 0 Å². The number of rotatable bonds is 27. The third-order valence-corrected chi connectivity index (χ3v) is 14.1. The summed E-state index contributed by atoms with van der Waals surface area (Å²) in [6, 6.07) is 19.0. The van der Waals surface area contributed by atoms with Gasteiger partial charge >= 0.3 is 19.5 Å². The van der Waals surface area contributed by atoms with Gasteiger partial charge in [-0.2, -0.15) is 0 Å². The van der Waals surface area contributed by atoms with E-state index in [4.69, 9.17) is 0 Å². The number of benzene rings is 3. The molecule has 3 aromatic rings. The maximum atomic E-state index is 12.6. The van der Waals surface area contributed by atoms with Crippen LogP contribution < -0.4 is 11.7 Å². The SMILES string of the molecule is CCCC[N+](CCCC)(CCCC)CCCC.Cc1ccc(S(=O)(=O)[N-]CCN(CC[N-]S(=O)(=O)c2ccc(C)cc2)CC[N-]S(=O)(=O)c2ccc(C)cc2)cc1.NN.[Zn+2]. The molecule has 3 aromatic carbocycles. The monoisotopic (exact) mass is 943 g/mol. The van der Waals surface area contributed by atoms with Crippen molar-refractivity contribution in [3.05, 3.63) is 104 Å². The Morgan fingerprint density at radius 1 is 0.450 bits per heavy atom. The van der Waals surface area contributed by atoms with Gasteiger partial charge in [-0.1, -0.05) is 106 Å². The van der Waals surface area contributed by atoms with Crippen LogP contribution in [0.3, 0.4) is 0 Å². The predicted octanol–water partition coefficient (Wildman–Crippen LogP) is 8.32. The van der Waals surface area contributed by atoms with Crippen molar-refractivity contribution in [2.24, 2.45) is 11.7 Å². The van der Waals surface area contributed by atoms with Crippen molar-refractivity contribution in [2.75, 3.05) is 65.4 Å². The van der Waals surface area contributed by atoms with E-state index in [-0.39, 0.29) is 73.4 Å². The molecule has 0 fully saturated rings. The molecule has 0 saturated heterocycles. The van der Waals surface area contributed by atoms with Gasteiger partial charge in [-0.25, -0.2) is 25.3 Å². The van der Waals surface area contributed by atoms with Crippen LogP contribution in [0, 0.1) is 20.8 Å². The molecular formula is C43H73N7O6S3Zn. The third kappa shape index (κ3) is 22.3. The van der Waals surface area contributed by atoms with Gasteiger partial charge in [0.2, 0.25) is 0 Å². The molecule has 336 valence electrons. The Bertz CT molecular complexity index is 1670. The first-order valence-electron chi connectivity index (χ1n) is 20.9. The first-order valence-corrected chi connectivity index (χ1v) is 25.3. The molecule has 0 aliphatic carbocycles. The van der Waals surface area contributed by atoms with E-state index in [2.05, 4.69) is 53.5 Å². The number of hydrogen-bond acceptors (Lipinski definition) is 9. The molecule has 0 spiro atoms. The van der Waals surface area contributed by atoms with Crippen LogP contribution >= 0.6 is 0 Å². The summed E-state index contributed by atoms with van der Waals surface area (Å²) in [6.07, 6.45) is 11.1. The second-order valence-electron chi connectivity index (χ2n) is 14.9. The summed E-state index contributed by atoms with van der Waals surface area (Å²) in [5.74, 6) is 8.00. The normalized spacial score (nSPS) is 11.9. The van der Waals surface area contributed by atoms with Crippen molar-refractivity contribution < 1.29 is 49.2 Å². The predicted molar refractivity (Wildman–Crippen MR) is 244 cm³/mol. The number of sulfonamides is 3. The van der Waals surface area contributed by atoms with Crippen molar-refractivity contribution in [3.8, 4) is 0 Å². The number of nitrogens with two attached hydrogens (primary N) is 2. The topological polar surface area (TPSA) is 200 Å². The smallest absolute Gasteiger partial charge is 0.544 e. The van der Waals surface area contributed by atoms with Crippen molar-refractivity contribution in [1.82, 2.24) is 4.90 Å². The molecule has 60 heavy (non-hydrogen) atoms. The van der Waals surface area contributed by atoms with Crippen LogP contribution in [0.4, 0.5) is 0 Å². The van der Waals surface area contributed by atoms with Crippen LogP contribution in [0.15, 0.2) is 87.5 Å². The van der Waals surface area contributed by atoms with E-state index in [0.29, 0.717) is 0 Å². The Hall–Kier alpha value is -2.15. The number of hydrogen-bond donors (Lipinski definition) is 2. The van der Waals surface area contributed by atoms with Gasteiger partial charge in [0.1, 0.15) is 30.1 Å². The van der Waals surface area contributed by atoms with Gasteiger partial charge in [0.05, 0.1) is 26.2 Å². The largest absolute Gasteiger partial charge is 2.00 e. The Morgan fingerprint density at radius 2 is 0.667 bits per heavy atom. The maximum absolute atomic E-state index is 12.6. The molecule has 0 heterocycles. The second kappa shape index (κ2) is 30.8. The van der Waals surface area contributed by atoms with Crippen molar-refractivity contribution in [1.29, 1.82) is 0 Å². The van der Waals surface area contributed by atoms with E-state index in [9.17, 15) is 25.3 Å². The summed E-state index contributed by atoms with van der Waals surface area (Å²) in [6.45, 7) is 20.6. The minimum atomic E-state index is -3.88. The van der Waals surface area contributed by atoms with E-state index in [1.165, 1.54) is 118 Å². The molecule has 17 heteroatoms. The second-order valence-corrected chi connectivity index (χ2v) is 20.0. The fourth-order valence-electron chi connectivity index (χ4n) is 6.24. The molecule has 0 unspecified atom stereocenters. The van der Waals surface area contributed by atoms with Gasteiger partial charge in [0, 0.05) is 14.7 Å². The zero-order valence-corrected chi connectivity index (χ0v) is 42.8. The fraction of sp³-hybridized carbons (Fsp3) is 0.581. The molecule has 0 aliphatic rings. The van der Waals surface area contributed by atoms with Crippen LogP contribution in [0.2, 0.25) is 0 Å². The molecule has 0 atom stereocenters. The van der Waals surface area contributed by atoms with Gasteiger partial charge in [0.15, 0.2) is 0 Å². The Kier molecular flexibility index (Phi) is 29.7. The molecule has 0 amide bonds. The molecule has 0 radical (unpaired) electrons. The van der Waals surface area contributed by atoms with Crippen LogP contribution in [0.1, 0.15) is 95.8 Å².